The molecule has 1 aliphatic rings. The van der Waals surface area contributed by atoms with Crippen LogP contribution in [0.5, 0.6) is 11.5 Å². The number of ether oxygens (including phenoxy) is 3. The number of nitrogens with zero attached hydrogens (tertiary/aromatic N) is 1. The van der Waals surface area contributed by atoms with E-state index >= 15 is 0 Å². The van der Waals surface area contributed by atoms with E-state index in [1.54, 1.807) is 0 Å². The highest BCUT2D eigenvalue weighted by molar-refractivity contribution is 6.32. The van der Waals surface area contributed by atoms with Gasteiger partial charge in [-0.05, 0) is 35.4 Å². The molecule has 0 spiro atoms. The van der Waals surface area contributed by atoms with E-state index in [0.717, 1.165) is 43.2 Å². The summed E-state index contributed by atoms with van der Waals surface area (Å²) in [6, 6.07) is 14.0. The molecule has 2 aromatic carbocycles. The van der Waals surface area contributed by atoms with Gasteiger partial charge in [-0.3, -0.25) is 4.90 Å². The second kappa shape index (κ2) is 12.3. The zero-order chi connectivity index (χ0) is 23.8. The van der Waals surface area contributed by atoms with Gasteiger partial charge >= 0.3 is 0 Å². The Morgan fingerprint density at radius 1 is 1.03 bits per heavy atom. The molecule has 0 unspecified atom stereocenters. The molecule has 1 saturated heterocycles. The highest BCUT2D eigenvalue weighted by Crippen LogP contribution is 2.36. The Balaban J connectivity index is 1.57. The van der Waals surface area contributed by atoms with Crippen LogP contribution in [0.3, 0.4) is 0 Å². The fourth-order valence-corrected chi connectivity index (χ4v) is 4.07. The summed E-state index contributed by atoms with van der Waals surface area (Å²) in [4.78, 5) is 2.20. The van der Waals surface area contributed by atoms with Crippen molar-refractivity contribution in [3.63, 3.8) is 0 Å². The summed E-state index contributed by atoms with van der Waals surface area (Å²) in [5, 5.41) is 10.9. The van der Waals surface area contributed by atoms with Gasteiger partial charge in [0.25, 0.3) is 0 Å². The number of rotatable bonds is 11. The Labute approximate surface area is 207 Å². The van der Waals surface area contributed by atoms with Crippen LogP contribution in [0.4, 0.5) is 0 Å². The second-order valence-corrected chi connectivity index (χ2v) is 9.96. The molecule has 1 N–H and O–H groups in total. The van der Waals surface area contributed by atoms with Gasteiger partial charge in [0.1, 0.15) is 24.2 Å². The van der Waals surface area contributed by atoms with E-state index in [9.17, 15) is 5.11 Å². The molecular weight excluding hydrogens is 461 g/mol. The standard InChI is InChI=1S/C26H35Cl2NO4/c1-19(15-27)17-33-25-9-6-21(14-24(25)28)26(2,3)20-4-7-23(8-5-20)32-18-22(30)16-29-10-12-31-13-11-29/h4-9,14,19,22,30H,10-13,15-18H2,1-3H3/t19-,22+/m0/s1. The van der Waals surface area contributed by atoms with Crippen LogP contribution in [0.1, 0.15) is 31.9 Å². The van der Waals surface area contributed by atoms with Gasteiger partial charge < -0.3 is 19.3 Å². The van der Waals surface area contributed by atoms with Gasteiger partial charge in [0.2, 0.25) is 0 Å². The van der Waals surface area contributed by atoms with Crippen LogP contribution in [-0.4, -0.2) is 68.1 Å². The molecule has 3 rings (SSSR count). The third-order valence-electron chi connectivity index (χ3n) is 6.03. The predicted molar refractivity (Wildman–Crippen MR) is 134 cm³/mol. The Bertz CT molecular complexity index is 869. The van der Waals surface area contributed by atoms with E-state index in [2.05, 4.69) is 36.9 Å². The van der Waals surface area contributed by atoms with Crippen molar-refractivity contribution in [2.24, 2.45) is 5.92 Å². The number of aliphatic hydroxyl groups excluding tert-OH is 1. The lowest BCUT2D eigenvalue weighted by Crippen LogP contribution is -2.42. The van der Waals surface area contributed by atoms with Crippen LogP contribution in [0, 0.1) is 5.92 Å². The molecule has 33 heavy (non-hydrogen) atoms. The summed E-state index contributed by atoms with van der Waals surface area (Å²) in [7, 11) is 0. The van der Waals surface area contributed by atoms with E-state index < -0.39 is 6.10 Å². The lowest BCUT2D eigenvalue weighted by atomic mass is 9.78. The Hall–Kier alpha value is -1.50. The molecule has 0 radical (unpaired) electrons. The number of benzene rings is 2. The van der Waals surface area contributed by atoms with Gasteiger partial charge in [0.05, 0.1) is 24.8 Å². The quantitative estimate of drug-likeness (QED) is 0.445. The van der Waals surface area contributed by atoms with Crippen molar-refractivity contribution in [1.29, 1.82) is 0 Å². The van der Waals surface area contributed by atoms with Gasteiger partial charge in [-0.15, -0.1) is 11.6 Å². The monoisotopic (exact) mass is 495 g/mol. The van der Waals surface area contributed by atoms with Crippen LogP contribution in [0.2, 0.25) is 5.02 Å². The molecule has 2 atom stereocenters. The maximum absolute atomic E-state index is 10.3. The van der Waals surface area contributed by atoms with Gasteiger partial charge in [0.15, 0.2) is 0 Å². The van der Waals surface area contributed by atoms with Gasteiger partial charge in [-0.25, -0.2) is 0 Å². The number of halogens is 2. The molecule has 5 nitrogen and oxygen atoms in total. The second-order valence-electron chi connectivity index (χ2n) is 9.24. The fourth-order valence-electron chi connectivity index (χ4n) is 3.74. The molecule has 0 saturated carbocycles. The minimum Gasteiger partial charge on any atom is -0.492 e. The van der Waals surface area contributed by atoms with E-state index in [-0.39, 0.29) is 17.9 Å². The van der Waals surface area contributed by atoms with Crippen molar-refractivity contribution in [3.8, 4) is 11.5 Å². The summed E-state index contributed by atoms with van der Waals surface area (Å²) in [6.45, 7) is 10.9. The number of morpholine rings is 1. The fraction of sp³-hybridized carbons (Fsp3) is 0.538. The molecule has 0 aliphatic carbocycles. The summed E-state index contributed by atoms with van der Waals surface area (Å²) < 4.78 is 17.0. The van der Waals surface area contributed by atoms with Crippen LogP contribution in [0.15, 0.2) is 42.5 Å². The smallest absolute Gasteiger partial charge is 0.137 e. The highest BCUT2D eigenvalue weighted by atomic mass is 35.5. The number of β-amino-alcohol motifs (C(OH)–C–C–N with tert-alkyl or cyclic N) is 1. The van der Waals surface area contributed by atoms with E-state index in [0.29, 0.717) is 29.8 Å². The van der Waals surface area contributed by atoms with Crippen LogP contribution < -0.4 is 9.47 Å². The average molecular weight is 496 g/mol. The van der Waals surface area contributed by atoms with E-state index in [1.807, 2.05) is 31.2 Å². The number of aliphatic hydroxyl groups is 1. The molecule has 1 fully saturated rings. The molecule has 182 valence electrons. The van der Waals surface area contributed by atoms with E-state index in [1.165, 1.54) is 0 Å². The normalized spacial score (nSPS) is 16.9. The molecular formula is C26H35Cl2NO4. The first-order valence-corrected chi connectivity index (χ1v) is 12.4. The maximum atomic E-state index is 10.3. The molecule has 0 amide bonds. The Kier molecular flexibility index (Phi) is 9.71. The third-order valence-corrected chi connectivity index (χ3v) is 6.85. The first kappa shape index (κ1) is 26.1. The first-order chi connectivity index (χ1) is 15.8. The summed E-state index contributed by atoms with van der Waals surface area (Å²) in [5.41, 5.74) is 1.99. The van der Waals surface area contributed by atoms with Gasteiger partial charge in [0, 0.05) is 36.8 Å². The summed E-state index contributed by atoms with van der Waals surface area (Å²) >= 11 is 12.4. The molecule has 1 heterocycles. The topological polar surface area (TPSA) is 51.2 Å². The Morgan fingerprint density at radius 2 is 1.70 bits per heavy atom. The third kappa shape index (κ3) is 7.49. The van der Waals surface area contributed by atoms with Crippen molar-refractivity contribution < 1.29 is 19.3 Å². The zero-order valence-electron chi connectivity index (χ0n) is 19.7. The van der Waals surface area contributed by atoms with Gasteiger partial charge in [-0.1, -0.05) is 50.6 Å². The lowest BCUT2D eigenvalue weighted by molar-refractivity contribution is 0.00465. The number of hydrogen-bond acceptors (Lipinski definition) is 5. The molecule has 0 aromatic heterocycles. The van der Waals surface area contributed by atoms with Gasteiger partial charge in [-0.2, -0.15) is 0 Å². The average Bonchev–Trinajstić information content (AvgIpc) is 2.82. The van der Waals surface area contributed by atoms with Crippen molar-refractivity contribution in [2.45, 2.75) is 32.3 Å². The molecule has 1 aliphatic heterocycles. The van der Waals surface area contributed by atoms with Crippen molar-refractivity contribution >= 4 is 23.2 Å². The van der Waals surface area contributed by atoms with Crippen molar-refractivity contribution in [1.82, 2.24) is 4.90 Å². The van der Waals surface area contributed by atoms with Crippen LogP contribution in [0.25, 0.3) is 0 Å². The molecule has 0 bridgehead atoms. The summed E-state index contributed by atoms with van der Waals surface area (Å²) in [6.07, 6.45) is -0.533. The summed E-state index contributed by atoms with van der Waals surface area (Å²) in [5.74, 6) is 2.23. The molecule has 2 aromatic rings. The number of hydrogen-bond donors (Lipinski definition) is 1. The maximum Gasteiger partial charge on any atom is 0.137 e. The Morgan fingerprint density at radius 3 is 2.33 bits per heavy atom. The highest BCUT2D eigenvalue weighted by Gasteiger charge is 2.24. The molecule has 7 heteroatoms. The predicted octanol–water partition coefficient (Wildman–Crippen LogP) is 4.99. The SMILES string of the molecule is C[C@@H](CCl)COc1ccc(C(C)(C)c2ccc(OC[C@H](O)CN3CCOCC3)cc2)cc1Cl. The number of alkyl halides is 1. The van der Waals surface area contributed by atoms with E-state index in [4.69, 9.17) is 37.4 Å². The van der Waals surface area contributed by atoms with Crippen LogP contribution in [-0.2, 0) is 10.2 Å². The minimum absolute atomic E-state index is 0.250. The zero-order valence-corrected chi connectivity index (χ0v) is 21.2. The van der Waals surface area contributed by atoms with Crippen molar-refractivity contribution in [3.05, 3.63) is 58.6 Å². The largest absolute Gasteiger partial charge is 0.492 e. The minimum atomic E-state index is -0.533. The van der Waals surface area contributed by atoms with Crippen molar-refractivity contribution in [2.75, 3.05) is 51.9 Å². The lowest BCUT2D eigenvalue weighted by Gasteiger charge is -2.28. The first-order valence-electron chi connectivity index (χ1n) is 11.5. The van der Waals surface area contributed by atoms with Crippen LogP contribution >= 0.6 is 23.2 Å².